The van der Waals surface area contributed by atoms with Crippen molar-refractivity contribution in [2.75, 3.05) is 0 Å². The molecule has 0 aliphatic heterocycles. The molecule has 0 nitrogen and oxygen atoms in total. The SMILES string of the molecule is C[Si](C)(C)c1ccc(-c2cccc3[cH-]c(CC45CCC(CC4)C5)cc23)cc1.C[Si](C)(C)c1ccc(-c2cccc3[cH-]c(CC45CCC(CC4)C5)cc23)cc1.Cl.Cl.[CH3-].[CH3-].[Si]=[Zr]. The summed E-state index contributed by atoms with van der Waals surface area (Å²) in [5.74, 6) is 2.07. The Labute approximate surface area is 396 Å². The fraction of sp³-hybridized carbons (Fsp3) is 0.407. The molecule has 0 saturated heterocycles. The van der Waals surface area contributed by atoms with Gasteiger partial charge in [0, 0.05) is 0 Å². The monoisotopic (exact) mass is 962 g/mol. The molecule has 6 aromatic rings. The molecule has 0 heterocycles. The van der Waals surface area contributed by atoms with Crippen LogP contribution in [0.3, 0.4) is 0 Å². The van der Waals surface area contributed by atoms with Crippen molar-refractivity contribution in [3.63, 3.8) is 0 Å². The Morgan fingerprint density at radius 1 is 0.533 bits per heavy atom. The maximum atomic E-state index is 3.06. The topological polar surface area (TPSA) is 0 Å². The van der Waals surface area contributed by atoms with Crippen molar-refractivity contribution < 1.29 is 23.3 Å². The second kappa shape index (κ2) is 20.4. The van der Waals surface area contributed by atoms with E-state index < -0.39 is 16.1 Å². The zero-order valence-corrected chi connectivity index (χ0v) is 44.9. The molecule has 4 bridgehead atoms. The van der Waals surface area contributed by atoms with Crippen LogP contribution in [0.4, 0.5) is 0 Å². The van der Waals surface area contributed by atoms with Gasteiger partial charge in [0.1, 0.15) is 0 Å². The molecule has 0 spiro atoms. The van der Waals surface area contributed by atoms with Gasteiger partial charge in [-0.2, -0.15) is 12.1 Å². The van der Waals surface area contributed by atoms with Crippen molar-refractivity contribution >= 4 is 79.8 Å². The third kappa shape index (κ3) is 10.8. The Balaban J connectivity index is 0.000000239. The van der Waals surface area contributed by atoms with E-state index in [2.05, 4.69) is 155 Å². The molecule has 0 unspecified atom stereocenters. The average molecular weight is 966 g/mol. The molecule has 10 rings (SSSR count). The van der Waals surface area contributed by atoms with Gasteiger partial charge in [0.25, 0.3) is 0 Å². The van der Waals surface area contributed by atoms with Crippen molar-refractivity contribution in [3.8, 4) is 22.3 Å². The molecule has 4 aliphatic carbocycles. The molecular formula is C54H70Cl2Si3Zr-4. The van der Waals surface area contributed by atoms with E-state index >= 15 is 0 Å². The van der Waals surface area contributed by atoms with Crippen LogP contribution in [0, 0.1) is 37.5 Å². The van der Waals surface area contributed by atoms with Gasteiger partial charge in [-0.25, -0.2) is 0 Å². The van der Waals surface area contributed by atoms with Crippen molar-refractivity contribution in [1.82, 2.24) is 0 Å². The predicted octanol–water partition coefficient (Wildman–Crippen LogP) is 15.1. The summed E-state index contributed by atoms with van der Waals surface area (Å²) in [7, 11) is -2.47. The van der Waals surface area contributed by atoms with Gasteiger partial charge < -0.3 is 14.9 Å². The van der Waals surface area contributed by atoms with Crippen molar-refractivity contribution in [1.29, 1.82) is 0 Å². The first-order chi connectivity index (χ1) is 26.8. The van der Waals surface area contributed by atoms with Crippen LogP contribution < -0.4 is 10.4 Å². The van der Waals surface area contributed by atoms with Crippen LogP contribution in [-0.4, -0.2) is 23.0 Å². The van der Waals surface area contributed by atoms with Crippen molar-refractivity contribution in [3.05, 3.63) is 135 Å². The summed E-state index contributed by atoms with van der Waals surface area (Å²) < 4.78 is 0. The summed E-state index contributed by atoms with van der Waals surface area (Å²) in [6.07, 6.45) is 17.3. The van der Waals surface area contributed by atoms with Gasteiger partial charge in [0.05, 0.1) is 16.1 Å². The van der Waals surface area contributed by atoms with E-state index in [-0.39, 0.29) is 39.7 Å². The number of hydrogen-bond acceptors (Lipinski definition) is 0. The molecule has 6 heteroatoms. The van der Waals surface area contributed by atoms with E-state index in [1.807, 2.05) is 0 Å². The standard InChI is InChI=1S/2C26H31Si.2CH3.2ClH.Si.Zr/c2*1-27(2,3)23-9-7-21(8-10-23)24-6-4-5-22-15-20(16-25(22)24)18-26-13-11-19(17-26)12-14-26;;;;;;/h2*4-10,15-16,19H,11-14,17-18H2,1-3H3;2*1H3;2*1H;;/q4*-1;;;;. The molecule has 4 aliphatic rings. The third-order valence-electron chi connectivity index (χ3n) is 14.7. The molecule has 6 aromatic carbocycles. The van der Waals surface area contributed by atoms with Crippen LogP contribution in [-0.2, 0) is 36.2 Å². The van der Waals surface area contributed by atoms with Gasteiger partial charge >= 0.3 is 30.2 Å². The second-order valence-corrected chi connectivity index (χ2v) is 30.8. The third-order valence-corrected chi connectivity index (χ3v) is 18.8. The summed E-state index contributed by atoms with van der Waals surface area (Å²) in [6, 6.07) is 42.4. The number of halogens is 2. The fourth-order valence-electron chi connectivity index (χ4n) is 11.6. The zero-order chi connectivity index (χ0) is 39.3. The summed E-state index contributed by atoms with van der Waals surface area (Å²) >= 11 is 1.36. The van der Waals surface area contributed by atoms with Crippen molar-refractivity contribution in [2.24, 2.45) is 22.7 Å². The zero-order valence-electron chi connectivity index (χ0n) is 37.8. The average Bonchev–Trinajstić information content (AvgIpc) is 4.06. The van der Waals surface area contributed by atoms with Crippen LogP contribution >= 0.6 is 24.8 Å². The molecule has 0 atom stereocenters. The van der Waals surface area contributed by atoms with Gasteiger partial charge in [0.15, 0.2) is 0 Å². The molecular weight excluding hydrogens is 895 g/mol. The van der Waals surface area contributed by atoms with Gasteiger partial charge in [-0.15, -0.1) is 93.9 Å². The minimum atomic E-state index is -1.24. The van der Waals surface area contributed by atoms with E-state index in [1.54, 1.807) is 11.1 Å². The summed E-state index contributed by atoms with van der Waals surface area (Å²) in [4.78, 5) is 0. The Morgan fingerprint density at radius 3 is 1.15 bits per heavy atom. The number of fused-ring (bicyclic) bond motifs is 6. The van der Waals surface area contributed by atoms with Gasteiger partial charge in [-0.05, 0) is 111 Å². The molecule has 4 fully saturated rings. The summed E-state index contributed by atoms with van der Waals surface area (Å²) in [5, 5.41) is 8.80. The van der Waals surface area contributed by atoms with Crippen LogP contribution in [0.15, 0.2) is 109 Å². The van der Waals surface area contributed by atoms with Crippen LogP contribution in [0.25, 0.3) is 43.8 Å². The molecule has 0 amide bonds. The molecule has 320 valence electrons. The summed E-state index contributed by atoms with van der Waals surface area (Å²) in [6.45, 7) is 17.6. The Bertz CT molecular complexity index is 2120. The second-order valence-electron chi connectivity index (χ2n) is 20.6. The first kappa shape index (κ1) is 50.9. The minimum absolute atomic E-state index is 0. The quantitative estimate of drug-likeness (QED) is 0.105. The maximum absolute atomic E-state index is 3.06. The molecule has 60 heavy (non-hydrogen) atoms. The van der Waals surface area contributed by atoms with Gasteiger partial charge in [0.2, 0.25) is 0 Å². The fourth-order valence-corrected chi connectivity index (χ4v) is 13.9. The molecule has 2 radical (unpaired) electrons. The molecule has 4 saturated carbocycles. The number of hydrogen-bond donors (Lipinski definition) is 0. The van der Waals surface area contributed by atoms with E-state index in [1.165, 1.54) is 155 Å². The van der Waals surface area contributed by atoms with Crippen LogP contribution in [0.2, 0.25) is 39.3 Å². The van der Waals surface area contributed by atoms with E-state index in [9.17, 15) is 0 Å². The van der Waals surface area contributed by atoms with Crippen LogP contribution in [0.1, 0.15) is 75.3 Å². The van der Waals surface area contributed by atoms with E-state index in [4.69, 9.17) is 0 Å². The van der Waals surface area contributed by atoms with Crippen LogP contribution in [0.5, 0.6) is 0 Å². The Morgan fingerprint density at radius 2 is 0.867 bits per heavy atom. The summed E-state index contributed by atoms with van der Waals surface area (Å²) in [5.41, 5.74) is 9.92. The Hall–Kier alpha value is -1.79. The van der Waals surface area contributed by atoms with E-state index in [0.29, 0.717) is 10.8 Å². The molecule has 0 N–H and O–H groups in total. The van der Waals surface area contributed by atoms with E-state index in [0.717, 1.165) is 11.8 Å². The van der Waals surface area contributed by atoms with Gasteiger partial charge in [-0.3, -0.25) is 0 Å². The first-order valence-corrected chi connectivity index (χ1v) is 32.9. The van der Waals surface area contributed by atoms with Crippen molar-refractivity contribution in [2.45, 2.75) is 116 Å². The predicted molar refractivity (Wildman–Crippen MR) is 274 cm³/mol. The Kier molecular flexibility index (Phi) is 17.3. The number of benzene rings is 4. The normalized spacial score (nSPS) is 22.4. The number of rotatable bonds is 8. The van der Waals surface area contributed by atoms with Gasteiger partial charge in [-0.1, -0.05) is 121 Å². The molecule has 0 aromatic heterocycles. The first-order valence-electron chi connectivity index (χ1n) is 21.7.